The molecule has 0 aliphatic heterocycles. The van der Waals surface area contributed by atoms with E-state index in [9.17, 15) is 0 Å². The lowest BCUT2D eigenvalue weighted by Crippen LogP contribution is -2.36. The molecule has 2 N–H and O–H groups in total. The Hall–Kier alpha value is -3.22. The molecule has 0 unspecified atom stereocenters. The first-order valence-electron chi connectivity index (χ1n) is 10.4. The first-order valence-corrected chi connectivity index (χ1v) is 11.5. The van der Waals surface area contributed by atoms with E-state index in [1.54, 1.807) is 11.8 Å². The van der Waals surface area contributed by atoms with Gasteiger partial charge in [0.1, 0.15) is 18.1 Å². The van der Waals surface area contributed by atoms with Crippen molar-refractivity contribution in [2.24, 2.45) is 4.99 Å². The maximum atomic E-state index is 8.94. The zero-order valence-electron chi connectivity index (χ0n) is 18.4. The number of hydrogen-bond acceptors (Lipinski definition) is 7. The van der Waals surface area contributed by atoms with Crippen LogP contribution < -0.4 is 15.4 Å². The number of aromatic nitrogens is 1. The fourth-order valence-corrected chi connectivity index (χ4v) is 3.69. The predicted octanol–water partition coefficient (Wildman–Crippen LogP) is 3.22. The van der Waals surface area contributed by atoms with Gasteiger partial charge in [0.05, 0.1) is 24.4 Å². The van der Waals surface area contributed by atoms with Gasteiger partial charge in [-0.1, -0.05) is 18.2 Å². The number of nitriles is 1. The summed E-state index contributed by atoms with van der Waals surface area (Å²) in [6.07, 6.45) is 1.91. The van der Waals surface area contributed by atoms with Crippen molar-refractivity contribution in [3.8, 4) is 12.1 Å². The van der Waals surface area contributed by atoms with Gasteiger partial charge in [-0.2, -0.15) is 17.0 Å². The van der Waals surface area contributed by atoms with Gasteiger partial charge in [0.15, 0.2) is 6.19 Å². The molecule has 0 spiro atoms. The van der Waals surface area contributed by atoms with Gasteiger partial charge in [0.25, 0.3) is 0 Å². The standard InChI is InChI=1S/C23H28N6O2S/c1-29(2)15-19-8-9-20(31-19)16-32-14-12-26-23(27-17-24)25-11-13-30-22-10-7-18-5-3-4-6-21(18)28-22/h3-10H,11-16H2,1-2H3,(H2,25,26,27). The van der Waals surface area contributed by atoms with E-state index in [0.717, 1.165) is 40.5 Å². The number of fused-ring (bicyclic) bond motifs is 1. The molecular weight excluding hydrogens is 424 g/mol. The van der Waals surface area contributed by atoms with Crippen LogP contribution in [0.3, 0.4) is 0 Å². The largest absolute Gasteiger partial charge is 0.476 e. The van der Waals surface area contributed by atoms with Crippen molar-refractivity contribution in [2.45, 2.75) is 12.3 Å². The zero-order valence-corrected chi connectivity index (χ0v) is 19.2. The number of furan rings is 1. The number of nitrogens with one attached hydrogen (secondary N) is 2. The summed E-state index contributed by atoms with van der Waals surface area (Å²) in [4.78, 5) is 10.9. The van der Waals surface area contributed by atoms with E-state index in [1.165, 1.54) is 0 Å². The molecule has 0 aliphatic rings. The molecular formula is C23H28N6O2S. The highest BCUT2D eigenvalue weighted by atomic mass is 32.2. The van der Waals surface area contributed by atoms with E-state index in [0.29, 0.717) is 31.5 Å². The minimum absolute atomic E-state index is 0.367. The van der Waals surface area contributed by atoms with Crippen LogP contribution in [-0.4, -0.2) is 55.4 Å². The third-order valence-electron chi connectivity index (χ3n) is 4.33. The van der Waals surface area contributed by atoms with Gasteiger partial charge in [-0.15, -0.1) is 0 Å². The van der Waals surface area contributed by atoms with Crippen molar-refractivity contribution in [3.63, 3.8) is 0 Å². The van der Waals surface area contributed by atoms with E-state index < -0.39 is 0 Å². The summed E-state index contributed by atoms with van der Waals surface area (Å²) in [6.45, 7) is 2.24. The SMILES string of the molecule is CN(C)Cc1ccc(CSCCN/C(=N/CCOc2ccc3ccccc3n2)NC#N)o1. The Morgan fingerprint density at radius 2 is 2.03 bits per heavy atom. The summed E-state index contributed by atoms with van der Waals surface area (Å²) in [6, 6.07) is 15.8. The number of nitrogens with zero attached hydrogens (tertiary/aromatic N) is 4. The van der Waals surface area contributed by atoms with E-state index in [1.807, 2.05) is 68.8 Å². The lowest BCUT2D eigenvalue weighted by atomic mass is 10.2. The van der Waals surface area contributed by atoms with Crippen LogP contribution in [0.15, 0.2) is 57.9 Å². The molecule has 0 amide bonds. The molecule has 9 heteroatoms. The van der Waals surface area contributed by atoms with Crippen molar-refractivity contribution in [1.29, 1.82) is 5.26 Å². The van der Waals surface area contributed by atoms with Crippen molar-refractivity contribution < 1.29 is 9.15 Å². The summed E-state index contributed by atoms with van der Waals surface area (Å²) in [5.41, 5.74) is 0.892. The molecule has 0 saturated carbocycles. The molecule has 32 heavy (non-hydrogen) atoms. The lowest BCUT2D eigenvalue weighted by molar-refractivity contribution is 0.317. The monoisotopic (exact) mass is 452 g/mol. The summed E-state index contributed by atoms with van der Waals surface area (Å²) in [5, 5.41) is 15.7. The summed E-state index contributed by atoms with van der Waals surface area (Å²) < 4.78 is 11.5. The fraction of sp³-hybridized carbons (Fsp3) is 0.348. The highest BCUT2D eigenvalue weighted by Gasteiger charge is 2.04. The molecule has 0 aliphatic carbocycles. The Morgan fingerprint density at radius 3 is 2.88 bits per heavy atom. The average molecular weight is 453 g/mol. The maximum Gasteiger partial charge on any atom is 0.213 e. The van der Waals surface area contributed by atoms with E-state index in [-0.39, 0.29) is 0 Å². The van der Waals surface area contributed by atoms with E-state index in [4.69, 9.17) is 14.4 Å². The van der Waals surface area contributed by atoms with Gasteiger partial charge in [-0.25, -0.2) is 9.98 Å². The van der Waals surface area contributed by atoms with Gasteiger partial charge in [0.2, 0.25) is 11.8 Å². The maximum absolute atomic E-state index is 8.94. The number of thioether (sulfide) groups is 1. The Kier molecular flexibility index (Phi) is 9.22. The number of aliphatic imine (C=N–C) groups is 1. The van der Waals surface area contributed by atoms with Gasteiger partial charge < -0.3 is 19.4 Å². The zero-order chi connectivity index (χ0) is 22.6. The topological polar surface area (TPSA) is 98.7 Å². The number of hydrogen-bond donors (Lipinski definition) is 2. The molecule has 1 aromatic carbocycles. The van der Waals surface area contributed by atoms with Crippen LogP contribution in [0, 0.1) is 11.5 Å². The highest BCUT2D eigenvalue weighted by Crippen LogP contribution is 2.16. The van der Waals surface area contributed by atoms with Crippen LogP contribution in [0.5, 0.6) is 5.88 Å². The predicted molar refractivity (Wildman–Crippen MR) is 129 cm³/mol. The number of pyridine rings is 1. The summed E-state index contributed by atoms with van der Waals surface area (Å²) in [7, 11) is 4.03. The number of guanidine groups is 1. The van der Waals surface area contributed by atoms with Crippen molar-refractivity contribution in [2.75, 3.05) is 39.5 Å². The molecule has 2 heterocycles. The van der Waals surface area contributed by atoms with Crippen LogP contribution in [0.4, 0.5) is 0 Å². The third-order valence-corrected chi connectivity index (χ3v) is 5.31. The van der Waals surface area contributed by atoms with Gasteiger partial charge >= 0.3 is 0 Å². The molecule has 8 nitrogen and oxygen atoms in total. The van der Waals surface area contributed by atoms with E-state index in [2.05, 4.69) is 25.5 Å². The van der Waals surface area contributed by atoms with Crippen LogP contribution in [-0.2, 0) is 12.3 Å². The molecule has 0 saturated heterocycles. The summed E-state index contributed by atoms with van der Waals surface area (Å²) >= 11 is 1.76. The molecule has 0 radical (unpaired) electrons. The molecule has 0 bridgehead atoms. The summed E-state index contributed by atoms with van der Waals surface area (Å²) in [5.74, 6) is 4.60. The average Bonchev–Trinajstić information content (AvgIpc) is 3.22. The first-order chi connectivity index (χ1) is 15.6. The van der Waals surface area contributed by atoms with Crippen LogP contribution >= 0.6 is 11.8 Å². The first kappa shape index (κ1) is 23.4. The fourth-order valence-electron chi connectivity index (χ4n) is 2.94. The number of rotatable bonds is 11. The van der Waals surface area contributed by atoms with Gasteiger partial charge in [0, 0.05) is 23.8 Å². The second-order valence-electron chi connectivity index (χ2n) is 7.24. The van der Waals surface area contributed by atoms with Crippen LogP contribution in [0.1, 0.15) is 11.5 Å². The molecule has 3 rings (SSSR count). The Bertz CT molecular complexity index is 1060. The number of ether oxygens (including phenoxy) is 1. The van der Waals surface area contributed by atoms with E-state index >= 15 is 0 Å². The molecule has 0 atom stereocenters. The molecule has 3 aromatic rings. The molecule has 168 valence electrons. The highest BCUT2D eigenvalue weighted by molar-refractivity contribution is 7.98. The molecule has 2 aromatic heterocycles. The Labute approximate surface area is 192 Å². The minimum atomic E-state index is 0.367. The normalized spacial score (nSPS) is 11.5. The quantitative estimate of drug-likeness (QED) is 0.150. The number of benzene rings is 1. The second-order valence-corrected chi connectivity index (χ2v) is 8.35. The lowest BCUT2D eigenvalue weighted by Gasteiger charge is -2.08. The number of para-hydroxylation sites is 1. The third kappa shape index (κ3) is 7.80. The van der Waals surface area contributed by atoms with Crippen molar-refractivity contribution in [1.82, 2.24) is 20.5 Å². The van der Waals surface area contributed by atoms with Gasteiger partial charge in [-0.3, -0.25) is 5.32 Å². The van der Waals surface area contributed by atoms with Crippen LogP contribution in [0.25, 0.3) is 10.9 Å². The van der Waals surface area contributed by atoms with Crippen molar-refractivity contribution in [3.05, 3.63) is 60.1 Å². The van der Waals surface area contributed by atoms with Crippen molar-refractivity contribution >= 4 is 28.6 Å². The van der Waals surface area contributed by atoms with Gasteiger partial charge in [-0.05, 0) is 38.4 Å². The smallest absolute Gasteiger partial charge is 0.213 e. The second kappa shape index (κ2) is 12.6. The Morgan fingerprint density at radius 1 is 1.19 bits per heavy atom. The van der Waals surface area contributed by atoms with Crippen LogP contribution in [0.2, 0.25) is 0 Å². The minimum Gasteiger partial charge on any atom is -0.476 e. The Balaban J connectivity index is 1.36. The molecule has 0 fully saturated rings.